The highest BCUT2D eigenvalue weighted by Gasteiger charge is 2.24. The van der Waals surface area contributed by atoms with E-state index in [0.717, 1.165) is 18.5 Å². The number of aromatic amines is 1. The molecule has 0 aliphatic rings. The van der Waals surface area contributed by atoms with Crippen molar-refractivity contribution in [2.24, 2.45) is 0 Å². The van der Waals surface area contributed by atoms with E-state index in [4.69, 9.17) is 5.73 Å². The SMILES string of the molecule is CCC(CC)n1[nH]c(C(C)(C)C)c(N)c1=O. The number of hydrogen-bond donors (Lipinski definition) is 2. The van der Waals surface area contributed by atoms with Crippen molar-refractivity contribution in [1.82, 2.24) is 9.78 Å². The van der Waals surface area contributed by atoms with Crippen molar-refractivity contribution in [2.75, 3.05) is 5.73 Å². The minimum Gasteiger partial charge on any atom is -0.393 e. The number of nitrogens with zero attached hydrogens (tertiary/aromatic N) is 1. The zero-order valence-electron chi connectivity index (χ0n) is 10.9. The highest BCUT2D eigenvalue weighted by molar-refractivity contribution is 5.44. The summed E-state index contributed by atoms with van der Waals surface area (Å²) >= 11 is 0. The van der Waals surface area contributed by atoms with E-state index < -0.39 is 0 Å². The summed E-state index contributed by atoms with van der Waals surface area (Å²) in [6.45, 7) is 10.3. The number of nitrogen functional groups attached to an aromatic ring is 1. The van der Waals surface area contributed by atoms with Gasteiger partial charge >= 0.3 is 0 Å². The molecule has 0 aliphatic carbocycles. The highest BCUT2D eigenvalue weighted by Crippen LogP contribution is 2.25. The number of nitrogens with two attached hydrogens (primary N) is 1. The van der Waals surface area contributed by atoms with Crippen LogP contribution in [0.2, 0.25) is 0 Å². The molecular formula is C12H23N3O. The Balaban J connectivity index is 3.30. The average Bonchev–Trinajstić information content (AvgIpc) is 2.47. The van der Waals surface area contributed by atoms with Gasteiger partial charge in [0, 0.05) is 5.41 Å². The van der Waals surface area contributed by atoms with Crippen molar-refractivity contribution in [1.29, 1.82) is 0 Å². The van der Waals surface area contributed by atoms with Gasteiger partial charge in [0.1, 0.15) is 5.69 Å². The average molecular weight is 225 g/mol. The van der Waals surface area contributed by atoms with Crippen LogP contribution in [0.1, 0.15) is 59.2 Å². The first kappa shape index (κ1) is 12.9. The molecule has 0 atom stereocenters. The Morgan fingerprint density at radius 3 is 2.12 bits per heavy atom. The van der Waals surface area contributed by atoms with Gasteiger partial charge < -0.3 is 5.73 Å². The summed E-state index contributed by atoms with van der Waals surface area (Å²) in [4.78, 5) is 12.0. The van der Waals surface area contributed by atoms with Crippen LogP contribution in [0.25, 0.3) is 0 Å². The molecule has 0 spiro atoms. The lowest BCUT2D eigenvalue weighted by molar-refractivity contribution is 0.407. The predicted molar refractivity (Wildman–Crippen MR) is 67.8 cm³/mol. The Labute approximate surface area is 96.8 Å². The molecular weight excluding hydrogens is 202 g/mol. The van der Waals surface area contributed by atoms with Crippen molar-refractivity contribution >= 4 is 5.69 Å². The van der Waals surface area contributed by atoms with Crippen LogP contribution in [0.4, 0.5) is 5.69 Å². The monoisotopic (exact) mass is 225 g/mol. The summed E-state index contributed by atoms with van der Waals surface area (Å²) in [6.07, 6.45) is 1.86. The zero-order chi connectivity index (χ0) is 12.5. The summed E-state index contributed by atoms with van der Waals surface area (Å²) in [6, 6.07) is 0.214. The fraction of sp³-hybridized carbons (Fsp3) is 0.750. The Morgan fingerprint density at radius 1 is 1.31 bits per heavy atom. The Hall–Kier alpha value is -1.19. The van der Waals surface area contributed by atoms with Crippen molar-refractivity contribution in [3.63, 3.8) is 0 Å². The molecule has 0 bridgehead atoms. The van der Waals surface area contributed by atoms with Crippen LogP contribution in [0.15, 0.2) is 4.79 Å². The van der Waals surface area contributed by atoms with Gasteiger partial charge in [-0.25, -0.2) is 4.68 Å². The largest absolute Gasteiger partial charge is 0.393 e. The van der Waals surface area contributed by atoms with E-state index in [1.807, 2.05) is 20.8 Å². The van der Waals surface area contributed by atoms with Crippen molar-refractivity contribution in [3.8, 4) is 0 Å². The number of anilines is 1. The van der Waals surface area contributed by atoms with E-state index in [9.17, 15) is 4.79 Å². The van der Waals surface area contributed by atoms with Gasteiger partial charge in [-0.15, -0.1) is 0 Å². The fourth-order valence-electron chi connectivity index (χ4n) is 1.95. The van der Waals surface area contributed by atoms with Gasteiger partial charge in [0.25, 0.3) is 5.56 Å². The maximum Gasteiger partial charge on any atom is 0.290 e. The molecule has 0 saturated heterocycles. The molecule has 1 aromatic heterocycles. The predicted octanol–water partition coefficient (Wildman–Crippen LogP) is 2.42. The van der Waals surface area contributed by atoms with E-state index in [-0.39, 0.29) is 17.0 Å². The molecule has 1 rings (SSSR count). The quantitative estimate of drug-likeness (QED) is 0.829. The van der Waals surface area contributed by atoms with Crippen LogP contribution < -0.4 is 11.3 Å². The number of H-pyrrole nitrogens is 1. The normalized spacial score (nSPS) is 12.4. The van der Waals surface area contributed by atoms with Gasteiger partial charge in [-0.1, -0.05) is 34.6 Å². The van der Waals surface area contributed by atoms with Crippen LogP contribution in [-0.4, -0.2) is 9.78 Å². The second-order valence-corrected chi connectivity index (χ2v) is 5.30. The first-order valence-corrected chi connectivity index (χ1v) is 5.93. The summed E-state index contributed by atoms with van der Waals surface area (Å²) in [5.41, 5.74) is 6.86. The first-order chi connectivity index (χ1) is 7.32. The maximum absolute atomic E-state index is 12.0. The number of nitrogens with one attached hydrogen (secondary N) is 1. The molecule has 0 aliphatic heterocycles. The molecule has 0 unspecified atom stereocenters. The molecule has 1 aromatic rings. The second kappa shape index (κ2) is 4.36. The minimum absolute atomic E-state index is 0.0846. The fourth-order valence-corrected chi connectivity index (χ4v) is 1.95. The van der Waals surface area contributed by atoms with Crippen molar-refractivity contribution in [3.05, 3.63) is 16.0 Å². The molecule has 0 fully saturated rings. The summed E-state index contributed by atoms with van der Waals surface area (Å²) < 4.78 is 1.68. The summed E-state index contributed by atoms with van der Waals surface area (Å²) in [5, 5.41) is 3.17. The lowest BCUT2D eigenvalue weighted by atomic mass is 9.91. The van der Waals surface area contributed by atoms with Crippen LogP contribution in [0.3, 0.4) is 0 Å². The van der Waals surface area contributed by atoms with Gasteiger partial charge in [-0.2, -0.15) is 0 Å². The Bertz CT molecular complexity index is 405. The van der Waals surface area contributed by atoms with Gasteiger partial charge in [-0.3, -0.25) is 9.89 Å². The zero-order valence-corrected chi connectivity index (χ0v) is 10.9. The van der Waals surface area contributed by atoms with Gasteiger partial charge in [0.15, 0.2) is 0 Å². The standard InChI is InChI=1S/C12H23N3O/c1-6-8(7-2)15-11(16)9(13)10(14-15)12(3,4)5/h8,14H,6-7,13H2,1-5H3. The van der Waals surface area contributed by atoms with E-state index in [2.05, 4.69) is 18.9 Å². The van der Waals surface area contributed by atoms with E-state index in [1.54, 1.807) is 4.68 Å². The molecule has 0 radical (unpaired) electrons. The molecule has 3 N–H and O–H groups in total. The molecule has 4 nitrogen and oxygen atoms in total. The van der Waals surface area contributed by atoms with Crippen LogP contribution >= 0.6 is 0 Å². The van der Waals surface area contributed by atoms with E-state index >= 15 is 0 Å². The van der Waals surface area contributed by atoms with E-state index in [1.165, 1.54) is 0 Å². The summed E-state index contributed by atoms with van der Waals surface area (Å²) in [5.74, 6) is 0. The number of hydrogen-bond acceptors (Lipinski definition) is 2. The van der Waals surface area contributed by atoms with Crippen LogP contribution in [0, 0.1) is 0 Å². The molecule has 16 heavy (non-hydrogen) atoms. The van der Waals surface area contributed by atoms with Crippen LogP contribution in [0.5, 0.6) is 0 Å². The third-order valence-corrected chi connectivity index (χ3v) is 3.01. The third-order valence-electron chi connectivity index (χ3n) is 3.01. The van der Waals surface area contributed by atoms with Gasteiger partial charge in [0.05, 0.1) is 11.7 Å². The Kier molecular flexibility index (Phi) is 3.51. The lowest BCUT2D eigenvalue weighted by Crippen LogP contribution is -2.22. The molecule has 0 amide bonds. The lowest BCUT2D eigenvalue weighted by Gasteiger charge is -2.18. The topological polar surface area (TPSA) is 63.8 Å². The second-order valence-electron chi connectivity index (χ2n) is 5.30. The Morgan fingerprint density at radius 2 is 1.81 bits per heavy atom. The van der Waals surface area contributed by atoms with Gasteiger partial charge in [0.2, 0.25) is 0 Å². The highest BCUT2D eigenvalue weighted by atomic mass is 16.1. The number of aromatic nitrogens is 2. The molecule has 0 aromatic carbocycles. The maximum atomic E-state index is 12.0. The molecule has 4 heteroatoms. The summed E-state index contributed by atoms with van der Waals surface area (Å²) in [7, 11) is 0. The smallest absolute Gasteiger partial charge is 0.290 e. The van der Waals surface area contributed by atoms with Crippen molar-refractivity contribution in [2.45, 2.75) is 58.9 Å². The molecule has 0 saturated carbocycles. The minimum atomic E-state index is -0.124. The molecule has 1 heterocycles. The van der Waals surface area contributed by atoms with E-state index in [0.29, 0.717) is 5.69 Å². The van der Waals surface area contributed by atoms with Crippen LogP contribution in [-0.2, 0) is 5.41 Å². The van der Waals surface area contributed by atoms with Crippen molar-refractivity contribution < 1.29 is 0 Å². The third kappa shape index (κ3) is 2.15. The number of rotatable bonds is 3. The first-order valence-electron chi connectivity index (χ1n) is 5.93. The van der Waals surface area contributed by atoms with Gasteiger partial charge in [-0.05, 0) is 12.8 Å². The molecule has 92 valence electrons.